The molecule has 1 saturated carbocycles. The third kappa shape index (κ3) is 3.97. The first-order valence-electron chi connectivity index (χ1n) is 6.40. The average molecular weight is 266 g/mol. The number of nitrogens with zero attached hydrogens (tertiary/aromatic N) is 1. The number of H-pyrrole nitrogens is 1. The lowest BCUT2D eigenvalue weighted by atomic mass is 10.1. The van der Waals surface area contributed by atoms with Crippen molar-refractivity contribution in [2.45, 2.75) is 31.7 Å². The Morgan fingerprint density at radius 2 is 2.32 bits per heavy atom. The van der Waals surface area contributed by atoms with E-state index in [1.54, 1.807) is 12.4 Å². The number of carboxylic acids is 1. The number of aliphatic carboxylic acids is 1. The molecule has 1 heterocycles. The number of carbonyl (C=O) groups excluding carboxylic acids is 1. The Kier molecular flexibility index (Phi) is 4.38. The van der Waals surface area contributed by atoms with E-state index in [-0.39, 0.29) is 18.0 Å². The molecular weight excluding hydrogens is 248 g/mol. The number of imidazole rings is 1. The molecule has 7 nitrogen and oxygen atoms in total. The van der Waals surface area contributed by atoms with Crippen LogP contribution in [0.5, 0.6) is 0 Å². The summed E-state index contributed by atoms with van der Waals surface area (Å²) in [7, 11) is 0. The van der Waals surface area contributed by atoms with E-state index in [1.807, 2.05) is 0 Å². The maximum Gasteiger partial charge on any atom is 0.315 e. The highest BCUT2D eigenvalue weighted by molar-refractivity contribution is 5.75. The molecule has 4 N–H and O–H groups in total. The van der Waals surface area contributed by atoms with Crippen LogP contribution in [0.4, 0.5) is 4.79 Å². The van der Waals surface area contributed by atoms with Gasteiger partial charge in [0.05, 0.1) is 5.92 Å². The molecular formula is C12H18N4O3. The predicted octanol–water partition coefficient (Wildman–Crippen LogP) is 0.505. The summed E-state index contributed by atoms with van der Waals surface area (Å²) in [6.45, 7) is 0.494. The monoisotopic (exact) mass is 266 g/mol. The Morgan fingerprint density at radius 1 is 1.47 bits per heavy atom. The van der Waals surface area contributed by atoms with Crippen LogP contribution in [0.25, 0.3) is 0 Å². The zero-order valence-corrected chi connectivity index (χ0v) is 10.6. The van der Waals surface area contributed by atoms with Crippen molar-refractivity contribution >= 4 is 12.0 Å². The van der Waals surface area contributed by atoms with Gasteiger partial charge in [-0.15, -0.1) is 0 Å². The van der Waals surface area contributed by atoms with Gasteiger partial charge in [0.2, 0.25) is 0 Å². The fourth-order valence-electron chi connectivity index (χ4n) is 2.30. The quantitative estimate of drug-likeness (QED) is 0.622. The third-order valence-electron chi connectivity index (χ3n) is 3.32. The van der Waals surface area contributed by atoms with Crippen LogP contribution in [-0.4, -0.2) is 39.7 Å². The number of aromatic amines is 1. The van der Waals surface area contributed by atoms with Gasteiger partial charge in [0, 0.05) is 31.4 Å². The number of aromatic nitrogens is 2. The average Bonchev–Trinajstić information content (AvgIpc) is 3.00. The summed E-state index contributed by atoms with van der Waals surface area (Å²) in [5.74, 6) is -0.275. The largest absolute Gasteiger partial charge is 0.481 e. The molecule has 19 heavy (non-hydrogen) atoms. The number of hydrogen-bond donors (Lipinski definition) is 4. The van der Waals surface area contributed by atoms with Gasteiger partial charge < -0.3 is 20.7 Å². The lowest BCUT2D eigenvalue weighted by Crippen LogP contribution is -2.42. The van der Waals surface area contributed by atoms with E-state index in [9.17, 15) is 9.59 Å². The van der Waals surface area contributed by atoms with Crippen LogP contribution in [0.15, 0.2) is 12.4 Å². The molecule has 1 aromatic heterocycles. The van der Waals surface area contributed by atoms with Gasteiger partial charge in [-0.05, 0) is 19.3 Å². The first kappa shape index (κ1) is 13.4. The number of nitrogens with one attached hydrogen (secondary N) is 3. The highest BCUT2D eigenvalue weighted by Gasteiger charge is 2.30. The maximum absolute atomic E-state index is 11.6. The number of carboxylic acid groups (broad SMARTS) is 1. The Morgan fingerprint density at radius 3 is 2.95 bits per heavy atom. The number of hydrogen-bond acceptors (Lipinski definition) is 3. The maximum atomic E-state index is 11.6. The molecule has 2 rings (SSSR count). The van der Waals surface area contributed by atoms with Gasteiger partial charge in [0.15, 0.2) is 0 Å². The molecule has 2 amide bonds. The highest BCUT2D eigenvalue weighted by Crippen LogP contribution is 2.25. The van der Waals surface area contributed by atoms with Crippen LogP contribution in [0.1, 0.15) is 25.1 Å². The molecule has 2 unspecified atom stereocenters. The Hall–Kier alpha value is -2.05. The van der Waals surface area contributed by atoms with Crippen molar-refractivity contribution < 1.29 is 14.7 Å². The van der Waals surface area contributed by atoms with Gasteiger partial charge in [0.25, 0.3) is 0 Å². The summed E-state index contributed by atoms with van der Waals surface area (Å²) in [6.07, 6.45) is 5.92. The minimum Gasteiger partial charge on any atom is -0.481 e. The predicted molar refractivity (Wildman–Crippen MR) is 67.6 cm³/mol. The third-order valence-corrected chi connectivity index (χ3v) is 3.32. The Labute approximate surface area is 110 Å². The summed E-state index contributed by atoms with van der Waals surface area (Å²) in [6, 6.07) is -0.285. The number of amides is 2. The van der Waals surface area contributed by atoms with Gasteiger partial charge in [0.1, 0.15) is 5.82 Å². The van der Waals surface area contributed by atoms with E-state index < -0.39 is 5.97 Å². The van der Waals surface area contributed by atoms with Crippen molar-refractivity contribution in [3.05, 3.63) is 18.2 Å². The zero-order chi connectivity index (χ0) is 13.7. The van der Waals surface area contributed by atoms with E-state index in [2.05, 4.69) is 20.6 Å². The standard InChI is InChI=1S/C12H18N4O3/c17-11(18)8-1-2-9(7-8)16-12(19)15-4-3-10-13-5-6-14-10/h5-6,8-9H,1-4,7H2,(H,13,14)(H,17,18)(H2,15,16,19). The van der Waals surface area contributed by atoms with E-state index in [4.69, 9.17) is 5.11 Å². The molecule has 0 saturated heterocycles. The molecule has 1 aromatic rings. The van der Waals surface area contributed by atoms with Gasteiger partial charge in [-0.2, -0.15) is 0 Å². The normalized spacial score (nSPS) is 22.1. The second kappa shape index (κ2) is 6.21. The number of rotatable bonds is 5. The lowest BCUT2D eigenvalue weighted by molar-refractivity contribution is -0.141. The first-order valence-corrected chi connectivity index (χ1v) is 6.40. The van der Waals surface area contributed by atoms with Crippen LogP contribution >= 0.6 is 0 Å². The smallest absolute Gasteiger partial charge is 0.315 e. The van der Waals surface area contributed by atoms with E-state index >= 15 is 0 Å². The molecule has 0 radical (unpaired) electrons. The van der Waals surface area contributed by atoms with Crippen LogP contribution in [0.2, 0.25) is 0 Å². The van der Waals surface area contributed by atoms with Crippen LogP contribution in [0, 0.1) is 5.92 Å². The fraction of sp³-hybridized carbons (Fsp3) is 0.583. The molecule has 1 aliphatic carbocycles. The SMILES string of the molecule is O=C(NCCc1ncc[nH]1)NC1CCC(C(=O)O)C1. The molecule has 0 bridgehead atoms. The van der Waals surface area contributed by atoms with Crippen molar-refractivity contribution in [2.75, 3.05) is 6.54 Å². The molecule has 104 valence electrons. The summed E-state index contributed by atoms with van der Waals surface area (Å²) in [5.41, 5.74) is 0. The molecule has 7 heteroatoms. The topological polar surface area (TPSA) is 107 Å². The van der Waals surface area contributed by atoms with E-state index in [0.717, 1.165) is 12.2 Å². The minimum atomic E-state index is -0.775. The van der Waals surface area contributed by atoms with Crippen molar-refractivity contribution in [1.29, 1.82) is 0 Å². The zero-order valence-electron chi connectivity index (χ0n) is 10.6. The molecule has 1 aliphatic rings. The van der Waals surface area contributed by atoms with Crippen LogP contribution in [-0.2, 0) is 11.2 Å². The fourth-order valence-corrected chi connectivity index (χ4v) is 2.30. The van der Waals surface area contributed by atoms with Gasteiger partial charge >= 0.3 is 12.0 Å². The Bertz CT molecular complexity index is 432. The number of carbonyl (C=O) groups is 2. The summed E-state index contributed by atoms with van der Waals surface area (Å²) < 4.78 is 0. The summed E-state index contributed by atoms with van der Waals surface area (Å²) >= 11 is 0. The Balaban J connectivity index is 1.63. The van der Waals surface area contributed by atoms with Crippen LogP contribution < -0.4 is 10.6 Å². The van der Waals surface area contributed by atoms with Crippen molar-refractivity contribution in [3.8, 4) is 0 Å². The second-order valence-electron chi connectivity index (χ2n) is 4.73. The van der Waals surface area contributed by atoms with Crippen molar-refractivity contribution in [2.24, 2.45) is 5.92 Å². The minimum absolute atomic E-state index is 0.0373. The molecule has 0 aromatic carbocycles. The van der Waals surface area contributed by atoms with Crippen molar-refractivity contribution in [3.63, 3.8) is 0 Å². The van der Waals surface area contributed by atoms with Crippen molar-refractivity contribution in [1.82, 2.24) is 20.6 Å². The summed E-state index contributed by atoms with van der Waals surface area (Å²) in [4.78, 5) is 29.4. The van der Waals surface area contributed by atoms with E-state index in [1.165, 1.54) is 0 Å². The van der Waals surface area contributed by atoms with Gasteiger partial charge in [-0.1, -0.05) is 0 Å². The molecule has 0 spiro atoms. The first-order chi connectivity index (χ1) is 9.15. The second-order valence-corrected chi connectivity index (χ2v) is 4.73. The van der Waals surface area contributed by atoms with Gasteiger partial charge in [-0.3, -0.25) is 4.79 Å². The van der Waals surface area contributed by atoms with E-state index in [0.29, 0.717) is 25.8 Å². The molecule has 2 atom stereocenters. The lowest BCUT2D eigenvalue weighted by Gasteiger charge is -2.13. The molecule has 1 fully saturated rings. The highest BCUT2D eigenvalue weighted by atomic mass is 16.4. The van der Waals surface area contributed by atoms with Crippen LogP contribution in [0.3, 0.4) is 0 Å². The molecule has 0 aliphatic heterocycles. The van der Waals surface area contributed by atoms with Gasteiger partial charge in [-0.25, -0.2) is 9.78 Å². The summed E-state index contributed by atoms with van der Waals surface area (Å²) in [5, 5.41) is 14.4. The number of urea groups is 1.